The molecule has 2 N–H and O–H groups in total. The number of hydrogen-bond acceptors (Lipinski definition) is 5. The number of morpholine rings is 1. The van der Waals surface area contributed by atoms with Crippen LogP contribution in [0.25, 0.3) is 0 Å². The molecule has 174 valence electrons. The number of carbonyl (C=O) groups is 1. The van der Waals surface area contributed by atoms with Crippen LogP contribution in [0.1, 0.15) is 25.3 Å². The molecule has 3 rings (SSSR count). The topological polar surface area (TPSA) is 78.4 Å². The van der Waals surface area contributed by atoms with Crippen molar-refractivity contribution >= 4 is 35.8 Å². The number of amides is 1. The van der Waals surface area contributed by atoms with Gasteiger partial charge in [0.15, 0.2) is 5.96 Å². The molecule has 0 spiro atoms. The Hall–Kier alpha value is -1.59. The first-order valence-electron chi connectivity index (χ1n) is 10.9. The van der Waals surface area contributed by atoms with E-state index in [9.17, 15) is 4.79 Å². The fourth-order valence-electron chi connectivity index (χ4n) is 3.76. The van der Waals surface area contributed by atoms with Gasteiger partial charge in [0.25, 0.3) is 0 Å². The maximum absolute atomic E-state index is 11.9. The molecule has 1 unspecified atom stereocenters. The lowest BCUT2D eigenvalue weighted by molar-refractivity contribution is -0.129. The zero-order valence-corrected chi connectivity index (χ0v) is 21.0. The molecular weight excluding hydrogens is 509 g/mol. The molecule has 0 bridgehead atoms. The monoisotopic (exact) mass is 545 g/mol. The maximum atomic E-state index is 11.9. The second kappa shape index (κ2) is 13.7. The number of likely N-dealkylation sites (tertiary alicyclic amines) is 1. The van der Waals surface area contributed by atoms with E-state index < -0.39 is 0 Å². The SMILES string of the molecule is CCC(=O)N1CCC(NC(=NC)NCc2cccc(OCCN3CCOCC3)c2)C1.I. The van der Waals surface area contributed by atoms with E-state index in [0.717, 1.165) is 69.6 Å². The van der Waals surface area contributed by atoms with Crippen LogP contribution in [-0.2, 0) is 16.1 Å². The van der Waals surface area contributed by atoms with Crippen molar-refractivity contribution in [1.29, 1.82) is 0 Å². The summed E-state index contributed by atoms with van der Waals surface area (Å²) in [6.45, 7) is 9.28. The van der Waals surface area contributed by atoms with E-state index in [0.29, 0.717) is 19.6 Å². The molecule has 2 saturated heterocycles. The summed E-state index contributed by atoms with van der Waals surface area (Å²) >= 11 is 0. The number of rotatable bonds is 8. The van der Waals surface area contributed by atoms with Crippen LogP contribution in [0, 0.1) is 0 Å². The molecule has 0 aliphatic carbocycles. The highest BCUT2D eigenvalue weighted by atomic mass is 127. The lowest BCUT2D eigenvalue weighted by atomic mass is 10.2. The fourth-order valence-corrected chi connectivity index (χ4v) is 3.76. The smallest absolute Gasteiger partial charge is 0.222 e. The molecule has 1 amide bonds. The number of ether oxygens (including phenoxy) is 2. The summed E-state index contributed by atoms with van der Waals surface area (Å²) in [5.74, 6) is 1.85. The predicted molar refractivity (Wildman–Crippen MR) is 133 cm³/mol. The van der Waals surface area contributed by atoms with Gasteiger partial charge in [0.05, 0.1) is 13.2 Å². The minimum atomic E-state index is 0. The normalized spacial score (nSPS) is 19.6. The molecule has 8 nitrogen and oxygen atoms in total. The molecule has 2 aliphatic heterocycles. The van der Waals surface area contributed by atoms with Gasteiger partial charge in [0, 0.05) is 58.8 Å². The van der Waals surface area contributed by atoms with Gasteiger partial charge in [-0.05, 0) is 24.1 Å². The lowest BCUT2D eigenvalue weighted by Gasteiger charge is -2.26. The van der Waals surface area contributed by atoms with Crippen molar-refractivity contribution in [3.63, 3.8) is 0 Å². The summed E-state index contributed by atoms with van der Waals surface area (Å²) in [7, 11) is 1.77. The zero-order chi connectivity index (χ0) is 21.2. The Morgan fingerprint density at radius 2 is 2.10 bits per heavy atom. The first-order valence-corrected chi connectivity index (χ1v) is 10.9. The highest BCUT2D eigenvalue weighted by Gasteiger charge is 2.25. The molecular formula is C22H36IN5O3. The maximum Gasteiger partial charge on any atom is 0.222 e. The van der Waals surface area contributed by atoms with E-state index in [1.54, 1.807) is 7.05 Å². The van der Waals surface area contributed by atoms with Gasteiger partial charge in [-0.15, -0.1) is 24.0 Å². The first-order chi connectivity index (χ1) is 14.7. The molecule has 2 heterocycles. The van der Waals surface area contributed by atoms with Crippen LogP contribution in [-0.4, -0.2) is 87.3 Å². The van der Waals surface area contributed by atoms with Crippen LogP contribution < -0.4 is 15.4 Å². The van der Waals surface area contributed by atoms with Gasteiger partial charge < -0.3 is 25.0 Å². The number of aliphatic imine (C=N–C) groups is 1. The summed E-state index contributed by atoms with van der Waals surface area (Å²) < 4.78 is 11.3. The van der Waals surface area contributed by atoms with E-state index in [1.165, 1.54) is 0 Å². The third-order valence-electron chi connectivity index (χ3n) is 5.55. The Morgan fingerprint density at radius 1 is 1.29 bits per heavy atom. The molecule has 0 aromatic heterocycles. The Morgan fingerprint density at radius 3 is 2.84 bits per heavy atom. The Labute approximate surface area is 202 Å². The molecule has 2 aliphatic rings. The number of hydrogen-bond donors (Lipinski definition) is 2. The average molecular weight is 545 g/mol. The van der Waals surface area contributed by atoms with Crippen molar-refractivity contribution < 1.29 is 14.3 Å². The van der Waals surface area contributed by atoms with Gasteiger partial charge in [0.1, 0.15) is 12.4 Å². The molecule has 0 radical (unpaired) electrons. The molecule has 31 heavy (non-hydrogen) atoms. The largest absolute Gasteiger partial charge is 0.492 e. The number of halogens is 1. The van der Waals surface area contributed by atoms with Crippen LogP contribution in [0.2, 0.25) is 0 Å². The quantitative estimate of drug-likeness (QED) is 0.294. The Bertz CT molecular complexity index is 712. The number of carbonyl (C=O) groups excluding carboxylic acids is 1. The number of guanidine groups is 1. The van der Waals surface area contributed by atoms with Crippen LogP contribution in [0.4, 0.5) is 0 Å². The van der Waals surface area contributed by atoms with E-state index >= 15 is 0 Å². The summed E-state index contributed by atoms with van der Waals surface area (Å²) in [5.41, 5.74) is 1.14. The molecule has 1 aromatic rings. The third kappa shape index (κ3) is 8.46. The van der Waals surface area contributed by atoms with Crippen LogP contribution >= 0.6 is 24.0 Å². The number of benzene rings is 1. The summed E-state index contributed by atoms with van der Waals surface area (Å²) in [6, 6.07) is 8.39. The first kappa shape index (κ1) is 25.7. The van der Waals surface area contributed by atoms with Gasteiger partial charge in [-0.25, -0.2) is 0 Å². The van der Waals surface area contributed by atoms with E-state index in [4.69, 9.17) is 9.47 Å². The van der Waals surface area contributed by atoms with Crippen LogP contribution in [0.3, 0.4) is 0 Å². The van der Waals surface area contributed by atoms with Crippen molar-refractivity contribution in [1.82, 2.24) is 20.4 Å². The molecule has 1 aromatic carbocycles. The molecule has 9 heteroatoms. The van der Waals surface area contributed by atoms with Crippen molar-refractivity contribution in [2.24, 2.45) is 4.99 Å². The summed E-state index contributed by atoms with van der Waals surface area (Å²) in [6.07, 6.45) is 1.50. The minimum Gasteiger partial charge on any atom is -0.492 e. The van der Waals surface area contributed by atoms with E-state index in [2.05, 4.69) is 32.7 Å². The van der Waals surface area contributed by atoms with Crippen molar-refractivity contribution in [2.75, 3.05) is 59.6 Å². The Kier molecular flexibility index (Phi) is 11.4. The highest BCUT2D eigenvalue weighted by molar-refractivity contribution is 14.0. The van der Waals surface area contributed by atoms with E-state index in [1.807, 2.05) is 24.0 Å². The number of nitrogens with one attached hydrogen (secondary N) is 2. The second-order valence-corrected chi connectivity index (χ2v) is 7.70. The number of nitrogens with zero attached hydrogens (tertiary/aromatic N) is 3. The predicted octanol–water partition coefficient (Wildman–Crippen LogP) is 1.69. The van der Waals surface area contributed by atoms with E-state index in [-0.39, 0.29) is 35.9 Å². The second-order valence-electron chi connectivity index (χ2n) is 7.70. The van der Waals surface area contributed by atoms with Gasteiger partial charge in [-0.1, -0.05) is 19.1 Å². The van der Waals surface area contributed by atoms with Crippen molar-refractivity contribution in [3.8, 4) is 5.75 Å². The van der Waals surface area contributed by atoms with Crippen molar-refractivity contribution in [3.05, 3.63) is 29.8 Å². The summed E-state index contributed by atoms with van der Waals surface area (Å²) in [5, 5.41) is 6.79. The van der Waals surface area contributed by atoms with Gasteiger partial charge in [-0.2, -0.15) is 0 Å². The Balaban J connectivity index is 0.00000341. The van der Waals surface area contributed by atoms with Crippen molar-refractivity contribution in [2.45, 2.75) is 32.4 Å². The van der Waals surface area contributed by atoms with Gasteiger partial charge in [-0.3, -0.25) is 14.7 Å². The minimum absolute atomic E-state index is 0. The standard InChI is InChI=1S/C22H35N5O3.HI/c1-3-21(28)27-8-7-19(17-27)25-22(23-2)24-16-18-5-4-6-20(15-18)30-14-11-26-9-12-29-13-10-26;/h4-6,15,19H,3,7-14,16-17H2,1-2H3,(H2,23,24,25);1H. The zero-order valence-electron chi connectivity index (χ0n) is 18.6. The highest BCUT2D eigenvalue weighted by Crippen LogP contribution is 2.14. The molecule has 0 saturated carbocycles. The third-order valence-corrected chi connectivity index (χ3v) is 5.55. The fraction of sp³-hybridized carbons (Fsp3) is 0.636. The molecule has 2 fully saturated rings. The molecule has 1 atom stereocenters. The van der Waals surface area contributed by atoms with Gasteiger partial charge in [0.2, 0.25) is 5.91 Å². The summed E-state index contributed by atoms with van der Waals surface area (Å²) in [4.78, 5) is 20.5. The van der Waals surface area contributed by atoms with Crippen LogP contribution in [0.15, 0.2) is 29.3 Å². The van der Waals surface area contributed by atoms with Crippen LogP contribution in [0.5, 0.6) is 5.75 Å². The lowest BCUT2D eigenvalue weighted by Crippen LogP contribution is -2.44. The average Bonchev–Trinajstić information content (AvgIpc) is 3.25. The van der Waals surface area contributed by atoms with Gasteiger partial charge >= 0.3 is 0 Å².